The van der Waals surface area contributed by atoms with Crippen LogP contribution in [0.15, 0.2) is 46.9 Å². The predicted octanol–water partition coefficient (Wildman–Crippen LogP) is 4.69. The minimum atomic E-state index is -0.323. The molecule has 0 aliphatic heterocycles. The van der Waals surface area contributed by atoms with Crippen molar-refractivity contribution < 1.29 is 13.9 Å². The number of hydrogen-bond acceptors (Lipinski definition) is 2. The van der Waals surface area contributed by atoms with E-state index in [9.17, 15) is 9.18 Å². The molecule has 0 saturated carbocycles. The SMILES string of the molecule is Cc1ccc(NC(=O)CCCOc2ccc(Br)cc2)cc1F. The Hall–Kier alpha value is -1.88. The molecule has 2 aromatic rings. The van der Waals surface area contributed by atoms with Gasteiger partial charge in [0, 0.05) is 16.6 Å². The van der Waals surface area contributed by atoms with Crippen LogP contribution in [-0.2, 0) is 4.79 Å². The molecule has 2 aromatic carbocycles. The van der Waals surface area contributed by atoms with Crippen molar-refractivity contribution in [1.29, 1.82) is 0 Å². The number of carbonyl (C=O) groups is 1. The summed E-state index contributed by atoms with van der Waals surface area (Å²) >= 11 is 3.35. The third-order valence-corrected chi connectivity index (χ3v) is 3.61. The molecule has 0 atom stereocenters. The quantitative estimate of drug-likeness (QED) is 0.753. The van der Waals surface area contributed by atoms with Gasteiger partial charge in [-0.15, -0.1) is 0 Å². The Bertz CT molecular complexity index is 644. The minimum absolute atomic E-state index is 0.150. The summed E-state index contributed by atoms with van der Waals surface area (Å²) in [5.41, 5.74) is 1.03. The van der Waals surface area contributed by atoms with Gasteiger partial charge in [-0.3, -0.25) is 4.79 Å². The van der Waals surface area contributed by atoms with Crippen LogP contribution >= 0.6 is 15.9 Å². The Morgan fingerprint density at radius 1 is 1.23 bits per heavy atom. The second-order valence-electron chi connectivity index (χ2n) is 4.92. The molecule has 0 unspecified atom stereocenters. The lowest BCUT2D eigenvalue weighted by Gasteiger charge is -2.08. The lowest BCUT2D eigenvalue weighted by molar-refractivity contribution is -0.116. The van der Waals surface area contributed by atoms with Crippen LogP contribution in [0, 0.1) is 12.7 Å². The lowest BCUT2D eigenvalue weighted by atomic mass is 10.2. The highest BCUT2D eigenvalue weighted by atomic mass is 79.9. The molecule has 2 rings (SSSR count). The van der Waals surface area contributed by atoms with Gasteiger partial charge in [0.2, 0.25) is 5.91 Å². The summed E-state index contributed by atoms with van der Waals surface area (Å²) in [6.45, 7) is 2.14. The van der Waals surface area contributed by atoms with Crippen molar-refractivity contribution >= 4 is 27.5 Å². The van der Waals surface area contributed by atoms with E-state index in [4.69, 9.17) is 4.74 Å². The third-order valence-electron chi connectivity index (χ3n) is 3.09. The molecule has 0 aromatic heterocycles. The van der Waals surface area contributed by atoms with Crippen molar-refractivity contribution in [2.24, 2.45) is 0 Å². The van der Waals surface area contributed by atoms with Gasteiger partial charge in [0.1, 0.15) is 11.6 Å². The average molecular weight is 366 g/mol. The molecule has 116 valence electrons. The third kappa shape index (κ3) is 5.15. The van der Waals surface area contributed by atoms with Gasteiger partial charge in [-0.1, -0.05) is 22.0 Å². The number of ether oxygens (including phenoxy) is 1. The molecule has 0 aliphatic rings. The maximum atomic E-state index is 13.4. The second-order valence-corrected chi connectivity index (χ2v) is 5.83. The molecule has 0 heterocycles. The van der Waals surface area contributed by atoms with E-state index in [2.05, 4.69) is 21.2 Å². The Morgan fingerprint density at radius 2 is 1.95 bits per heavy atom. The Labute approximate surface area is 137 Å². The first kappa shape index (κ1) is 16.5. The zero-order chi connectivity index (χ0) is 15.9. The van der Waals surface area contributed by atoms with Crippen molar-refractivity contribution in [2.75, 3.05) is 11.9 Å². The minimum Gasteiger partial charge on any atom is -0.494 e. The topological polar surface area (TPSA) is 38.3 Å². The Balaban J connectivity index is 1.71. The van der Waals surface area contributed by atoms with Crippen LogP contribution in [0.3, 0.4) is 0 Å². The molecule has 0 spiro atoms. The van der Waals surface area contributed by atoms with E-state index in [1.54, 1.807) is 19.1 Å². The summed E-state index contributed by atoms with van der Waals surface area (Å²) in [7, 11) is 0. The zero-order valence-corrected chi connectivity index (χ0v) is 13.8. The molecule has 0 aliphatic carbocycles. The number of nitrogens with one attached hydrogen (secondary N) is 1. The van der Waals surface area contributed by atoms with Crippen LogP contribution in [0.25, 0.3) is 0 Å². The molecule has 0 fully saturated rings. The first-order valence-corrected chi connectivity index (χ1v) is 7.78. The molecule has 3 nitrogen and oxygen atoms in total. The van der Waals surface area contributed by atoms with Crippen LogP contribution in [-0.4, -0.2) is 12.5 Å². The Morgan fingerprint density at radius 3 is 2.64 bits per heavy atom. The van der Waals surface area contributed by atoms with E-state index >= 15 is 0 Å². The second kappa shape index (κ2) is 7.94. The number of anilines is 1. The van der Waals surface area contributed by atoms with Gasteiger partial charge in [0.05, 0.1) is 6.61 Å². The highest BCUT2D eigenvalue weighted by Crippen LogP contribution is 2.17. The fourth-order valence-corrected chi connectivity index (χ4v) is 2.11. The van der Waals surface area contributed by atoms with Gasteiger partial charge in [-0.25, -0.2) is 4.39 Å². The van der Waals surface area contributed by atoms with Crippen molar-refractivity contribution in [1.82, 2.24) is 0 Å². The van der Waals surface area contributed by atoms with Gasteiger partial charge >= 0.3 is 0 Å². The van der Waals surface area contributed by atoms with Crippen LogP contribution in [0.5, 0.6) is 5.75 Å². The van der Waals surface area contributed by atoms with E-state index in [1.165, 1.54) is 6.07 Å². The van der Waals surface area contributed by atoms with Crippen LogP contribution < -0.4 is 10.1 Å². The van der Waals surface area contributed by atoms with Crippen molar-refractivity contribution in [3.8, 4) is 5.75 Å². The molecule has 22 heavy (non-hydrogen) atoms. The van der Waals surface area contributed by atoms with Crippen molar-refractivity contribution in [2.45, 2.75) is 19.8 Å². The van der Waals surface area contributed by atoms with Crippen molar-refractivity contribution in [3.63, 3.8) is 0 Å². The first-order chi connectivity index (χ1) is 10.5. The monoisotopic (exact) mass is 365 g/mol. The first-order valence-electron chi connectivity index (χ1n) is 6.99. The maximum Gasteiger partial charge on any atom is 0.224 e. The fourth-order valence-electron chi connectivity index (χ4n) is 1.85. The highest BCUT2D eigenvalue weighted by molar-refractivity contribution is 9.10. The summed E-state index contributed by atoms with van der Waals surface area (Å²) in [4.78, 5) is 11.8. The predicted molar refractivity (Wildman–Crippen MR) is 88.6 cm³/mol. The molecule has 0 bridgehead atoms. The largest absolute Gasteiger partial charge is 0.494 e. The summed E-state index contributed by atoms with van der Waals surface area (Å²) in [6, 6.07) is 12.2. The summed E-state index contributed by atoms with van der Waals surface area (Å²) in [5, 5.41) is 2.68. The van der Waals surface area contributed by atoms with Gasteiger partial charge in [0.15, 0.2) is 0 Å². The number of benzene rings is 2. The molecule has 1 N–H and O–H groups in total. The standard InChI is InChI=1S/C17H17BrFNO2/c1-12-4-7-14(11-16(12)19)20-17(21)3-2-10-22-15-8-5-13(18)6-9-15/h4-9,11H,2-3,10H2,1H3,(H,20,21). The number of carbonyl (C=O) groups excluding carboxylic acids is 1. The summed E-state index contributed by atoms with van der Waals surface area (Å²) in [6.07, 6.45) is 0.919. The van der Waals surface area contributed by atoms with Gasteiger partial charge < -0.3 is 10.1 Å². The van der Waals surface area contributed by atoms with Gasteiger partial charge in [-0.2, -0.15) is 0 Å². The normalized spacial score (nSPS) is 10.3. The highest BCUT2D eigenvalue weighted by Gasteiger charge is 2.05. The maximum absolute atomic E-state index is 13.4. The summed E-state index contributed by atoms with van der Waals surface area (Å²) in [5.74, 6) is 0.295. The number of rotatable bonds is 6. The lowest BCUT2D eigenvalue weighted by Crippen LogP contribution is -2.13. The van der Waals surface area contributed by atoms with Gasteiger partial charge in [-0.05, 0) is 55.3 Å². The smallest absolute Gasteiger partial charge is 0.224 e. The van der Waals surface area contributed by atoms with E-state index in [0.717, 1.165) is 10.2 Å². The number of aryl methyl sites for hydroxylation is 1. The van der Waals surface area contributed by atoms with Crippen molar-refractivity contribution in [3.05, 3.63) is 58.3 Å². The van der Waals surface area contributed by atoms with Crippen LogP contribution in [0.2, 0.25) is 0 Å². The van der Waals surface area contributed by atoms with E-state index in [0.29, 0.717) is 30.7 Å². The molecule has 0 radical (unpaired) electrons. The van der Waals surface area contributed by atoms with Gasteiger partial charge in [0.25, 0.3) is 0 Å². The fraction of sp³-hybridized carbons (Fsp3) is 0.235. The number of halogens is 2. The average Bonchev–Trinajstić information content (AvgIpc) is 2.49. The molecule has 0 saturated heterocycles. The number of hydrogen-bond donors (Lipinski definition) is 1. The molecular weight excluding hydrogens is 349 g/mol. The van der Waals surface area contributed by atoms with E-state index in [1.807, 2.05) is 24.3 Å². The Kier molecular flexibility index (Phi) is 5.95. The van der Waals surface area contributed by atoms with E-state index < -0.39 is 0 Å². The molecular formula is C17H17BrFNO2. The van der Waals surface area contributed by atoms with E-state index in [-0.39, 0.29) is 11.7 Å². The number of amides is 1. The summed E-state index contributed by atoms with van der Waals surface area (Å²) < 4.78 is 19.9. The van der Waals surface area contributed by atoms with Crippen LogP contribution in [0.1, 0.15) is 18.4 Å². The molecule has 1 amide bonds. The van der Waals surface area contributed by atoms with Crippen LogP contribution in [0.4, 0.5) is 10.1 Å². The molecule has 5 heteroatoms. The zero-order valence-electron chi connectivity index (χ0n) is 12.2.